The second-order valence-corrected chi connectivity index (χ2v) is 7.71. The molecule has 2 fully saturated rings. The zero-order valence-corrected chi connectivity index (χ0v) is 13.6. The highest BCUT2D eigenvalue weighted by atomic mass is 16.2. The minimum atomic E-state index is -0.0956. The van der Waals surface area contributed by atoms with E-state index in [1.807, 2.05) is 0 Å². The van der Waals surface area contributed by atoms with Crippen molar-refractivity contribution in [3.63, 3.8) is 0 Å². The summed E-state index contributed by atoms with van der Waals surface area (Å²) in [6, 6.07) is 0.398. The lowest BCUT2D eigenvalue weighted by atomic mass is 9.72. The van der Waals surface area contributed by atoms with Gasteiger partial charge in [-0.1, -0.05) is 33.6 Å². The minimum Gasteiger partial charge on any atom is -0.353 e. The van der Waals surface area contributed by atoms with Crippen LogP contribution >= 0.6 is 0 Å². The highest BCUT2D eigenvalue weighted by Crippen LogP contribution is 2.38. The lowest BCUT2D eigenvalue weighted by molar-refractivity contribution is -0.134. The lowest BCUT2D eigenvalue weighted by Crippen LogP contribution is -2.51. The summed E-state index contributed by atoms with van der Waals surface area (Å²) in [6.45, 7) is 8.84. The molecule has 3 heteroatoms. The third-order valence-corrected chi connectivity index (χ3v) is 5.31. The third-order valence-electron chi connectivity index (χ3n) is 5.31. The molecule has 20 heavy (non-hydrogen) atoms. The zero-order chi connectivity index (χ0) is 14.6. The third kappa shape index (κ3) is 3.75. The molecule has 1 saturated heterocycles. The quantitative estimate of drug-likeness (QED) is 0.830. The van der Waals surface area contributed by atoms with Gasteiger partial charge in [0.15, 0.2) is 0 Å². The Bertz CT molecular complexity index is 326. The Hall–Kier alpha value is -0.570. The Morgan fingerprint density at radius 2 is 1.95 bits per heavy atom. The molecule has 2 rings (SSSR count). The molecule has 1 unspecified atom stereocenters. The smallest absolute Gasteiger partial charge is 0.226 e. The molecule has 0 bridgehead atoms. The summed E-state index contributed by atoms with van der Waals surface area (Å²) < 4.78 is 0. The summed E-state index contributed by atoms with van der Waals surface area (Å²) in [6.07, 6.45) is 8.99. The number of hydrogen-bond acceptors (Lipinski definition) is 2. The first-order valence-electron chi connectivity index (χ1n) is 8.49. The molecule has 1 aliphatic heterocycles. The van der Waals surface area contributed by atoms with Crippen molar-refractivity contribution in [2.24, 2.45) is 10.8 Å². The van der Waals surface area contributed by atoms with Crippen LogP contribution < -0.4 is 10.6 Å². The second-order valence-electron chi connectivity index (χ2n) is 7.71. The fraction of sp³-hybridized carbons (Fsp3) is 0.941. The van der Waals surface area contributed by atoms with Crippen LogP contribution in [0.4, 0.5) is 0 Å². The predicted octanol–water partition coefficient (Wildman–Crippen LogP) is 3.24. The summed E-state index contributed by atoms with van der Waals surface area (Å²) >= 11 is 0. The van der Waals surface area contributed by atoms with E-state index in [0.717, 1.165) is 51.6 Å². The van der Waals surface area contributed by atoms with E-state index in [1.54, 1.807) is 0 Å². The van der Waals surface area contributed by atoms with Gasteiger partial charge in [-0.15, -0.1) is 0 Å². The zero-order valence-electron chi connectivity index (χ0n) is 13.6. The Kier molecular flexibility index (Phi) is 5.11. The molecule has 2 N–H and O–H groups in total. The number of amides is 1. The number of carbonyl (C=O) groups is 1. The van der Waals surface area contributed by atoms with Gasteiger partial charge in [0.05, 0.1) is 5.41 Å². The van der Waals surface area contributed by atoms with Crippen molar-refractivity contribution in [2.75, 3.05) is 13.1 Å². The fourth-order valence-corrected chi connectivity index (χ4v) is 4.13. The summed E-state index contributed by atoms with van der Waals surface area (Å²) in [4.78, 5) is 12.9. The molecular formula is C17H32N2O. The molecule has 0 aromatic rings. The maximum absolute atomic E-state index is 12.9. The van der Waals surface area contributed by atoms with E-state index in [0.29, 0.717) is 17.4 Å². The van der Waals surface area contributed by atoms with Gasteiger partial charge in [-0.25, -0.2) is 0 Å². The van der Waals surface area contributed by atoms with E-state index >= 15 is 0 Å². The fourth-order valence-electron chi connectivity index (χ4n) is 4.13. The summed E-state index contributed by atoms with van der Waals surface area (Å²) in [5, 5.41) is 6.79. The van der Waals surface area contributed by atoms with Crippen molar-refractivity contribution >= 4 is 5.91 Å². The number of rotatable bonds is 4. The average Bonchev–Trinajstić information content (AvgIpc) is 2.39. The first kappa shape index (κ1) is 15.8. The number of hydrogen-bond donors (Lipinski definition) is 2. The molecule has 1 heterocycles. The van der Waals surface area contributed by atoms with Crippen molar-refractivity contribution < 1.29 is 4.79 Å². The maximum Gasteiger partial charge on any atom is 0.226 e. The normalized spacial score (nSPS) is 28.9. The molecule has 0 aromatic heterocycles. The van der Waals surface area contributed by atoms with Gasteiger partial charge in [0.25, 0.3) is 0 Å². The van der Waals surface area contributed by atoms with E-state index < -0.39 is 0 Å². The van der Waals surface area contributed by atoms with Gasteiger partial charge < -0.3 is 10.6 Å². The van der Waals surface area contributed by atoms with Crippen molar-refractivity contribution in [3.05, 3.63) is 0 Å². The molecule has 2 aliphatic rings. The van der Waals surface area contributed by atoms with Gasteiger partial charge in [0.1, 0.15) is 0 Å². The van der Waals surface area contributed by atoms with Gasteiger partial charge >= 0.3 is 0 Å². The Balaban J connectivity index is 1.97. The first-order valence-corrected chi connectivity index (χ1v) is 8.49. The lowest BCUT2D eigenvalue weighted by Gasteiger charge is -2.40. The van der Waals surface area contributed by atoms with Crippen LogP contribution in [0.1, 0.15) is 72.1 Å². The highest BCUT2D eigenvalue weighted by Gasteiger charge is 2.40. The monoisotopic (exact) mass is 280 g/mol. The number of nitrogens with one attached hydrogen (secondary N) is 2. The molecular weight excluding hydrogens is 248 g/mol. The molecule has 1 atom stereocenters. The van der Waals surface area contributed by atoms with E-state index in [2.05, 4.69) is 31.4 Å². The van der Waals surface area contributed by atoms with Gasteiger partial charge in [-0.2, -0.15) is 0 Å². The minimum absolute atomic E-state index is 0.0956. The first-order chi connectivity index (χ1) is 9.47. The molecule has 0 aromatic carbocycles. The number of piperidine rings is 1. The Morgan fingerprint density at radius 3 is 2.55 bits per heavy atom. The largest absolute Gasteiger partial charge is 0.353 e. The van der Waals surface area contributed by atoms with Gasteiger partial charge in [-0.05, 0) is 57.0 Å². The van der Waals surface area contributed by atoms with E-state index in [-0.39, 0.29) is 5.41 Å². The van der Waals surface area contributed by atoms with Gasteiger partial charge in [-0.3, -0.25) is 4.79 Å². The van der Waals surface area contributed by atoms with Crippen molar-refractivity contribution in [1.29, 1.82) is 0 Å². The molecule has 1 aliphatic carbocycles. The summed E-state index contributed by atoms with van der Waals surface area (Å²) in [5.41, 5.74) is 0.295. The molecule has 0 radical (unpaired) electrons. The average molecular weight is 280 g/mol. The summed E-state index contributed by atoms with van der Waals surface area (Å²) in [7, 11) is 0. The van der Waals surface area contributed by atoms with Crippen molar-refractivity contribution in [2.45, 2.75) is 78.2 Å². The standard InChI is InChI=1S/C17H32N2O/c1-4-7-17(9-11-18-12-10-17)15(20)19-14-6-5-8-16(2,3)13-14/h14,18H,4-13H2,1-3H3,(H,19,20). The van der Waals surface area contributed by atoms with Gasteiger partial charge in [0, 0.05) is 6.04 Å². The molecule has 3 nitrogen and oxygen atoms in total. The topological polar surface area (TPSA) is 41.1 Å². The van der Waals surface area contributed by atoms with Crippen LogP contribution in [-0.4, -0.2) is 25.0 Å². The SMILES string of the molecule is CCCC1(C(=O)NC2CCCC(C)(C)C2)CCNCC1. The van der Waals surface area contributed by atoms with Crippen LogP contribution in [0.3, 0.4) is 0 Å². The molecule has 0 spiro atoms. The van der Waals surface area contributed by atoms with E-state index in [1.165, 1.54) is 12.8 Å². The van der Waals surface area contributed by atoms with Crippen LogP contribution in [0.25, 0.3) is 0 Å². The molecule has 116 valence electrons. The van der Waals surface area contributed by atoms with Crippen LogP contribution in [0.5, 0.6) is 0 Å². The van der Waals surface area contributed by atoms with Crippen LogP contribution in [-0.2, 0) is 4.79 Å². The van der Waals surface area contributed by atoms with Crippen LogP contribution in [0, 0.1) is 10.8 Å². The van der Waals surface area contributed by atoms with Crippen molar-refractivity contribution in [1.82, 2.24) is 10.6 Å². The summed E-state index contributed by atoms with van der Waals surface area (Å²) in [5.74, 6) is 0.337. The second kappa shape index (κ2) is 6.46. The van der Waals surface area contributed by atoms with Crippen LogP contribution in [0.2, 0.25) is 0 Å². The number of carbonyl (C=O) groups excluding carboxylic acids is 1. The predicted molar refractivity (Wildman–Crippen MR) is 83.6 cm³/mol. The van der Waals surface area contributed by atoms with E-state index in [9.17, 15) is 4.79 Å². The van der Waals surface area contributed by atoms with Crippen molar-refractivity contribution in [3.8, 4) is 0 Å². The Labute approximate surface area is 124 Å². The van der Waals surface area contributed by atoms with Crippen LogP contribution in [0.15, 0.2) is 0 Å². The maximum atomic E-state index is 12.9. The van der Waals surface area contributed by atoms with E-state index in [4.69, 9.17) is 0 Å². The highest BCUT2D eigenvalue weighted by molar-refractivity contribution is 5.83. The van der Waals surface area contributed by atoms with Gasteiger partial charge in [0.2, 0.25) is 5.91 Å². The Morgan fingerprint density at radius 1 is 1.25 bits per heavy atom. The molecule has 1 saturated carbocycles. The molecule has 1 amide bonds.